The molecule has 7 heteroatoms. The zero-order valence-corrected chi connectivity index (χ0v) is 20.8. The van der Waals surface area contributed by atoms with Crippen molar-refractivity contribution in [3.63, 3.8) is 0 Å². The maximum atomic E-state index is 13.7. The van der Waals surface area contributed by atoms with E-state index >= 15 is 0 Å². The van der Waals surface area contributed by atoms with E-state index in [-0.39, 0.29) is 17.2 Å². The highest BCUT2D eigenvalue weighted by molar-refractivity contribution is 6.31. The highest BCUT2D eigenvalue weighted by Crippen LogP contribution is 2.45. The molecule has 1 atom stereocenters. The molecule has 1 aliphatic heterocycles. The second-order valence-electron chi connectivity index (χ2n) is 9.83. The van der Waals surface area contributed by atoms with Crippen molar-refractivity contribution in [1.29, 1.82) is 0 Å². The number of amides is 2. The van der Waals surface area contributed by atoms with E-state index in [1.807, 2.05) is 36.4 Å². The lowest BCUT2D eigenvalue weighted by molar-refractivity contribution is -0.133. The lowest BCUT2D eigenvalue weighted by Crippen LogP contribution is -2.55. The molecule has 5 nitrogen and oxygen atoms in total. The Morgan fingerprint density at radius 2 is 1.75 bits per heavy atom. The number of rotatable bonds is 7. The number of carbonyl (C=O) groups is 2. The molecule has 0 fully saturated rings. The van der Waals surface area contributed by atoms with Crippen LogP contribution in [0.3, 0.4) is 0 Å². The molecular weight excluding hydrogens is 445 g/mol. The molecule has 0 aliphatic carbocycles. The van der Waals surface area contributed by atoms with Gasteiger partial charge in [0.15, 0.2) is 0 Å². The number of hydrogen-bond donors (Lipinski definition) is 1. The SMILES string of the molecule is CN(C)C(=O)CCN(CC(C)(C)C)C1(Cc2cccc(Cl)c2)C(=O)Nc2cc(Cl)ccc21. The molecule has 1 aliphatic rings. The normalized spacial score (nSPS) is 17.9. The van der Waals surface area contributed by atoms with E-state index in [1.54, 1.807) is 25.1 Å². The Labute approximate surface area is 200 Å². The first-order valence-corrected chi connectivity index (χ1v) is 11.5. The molecule has 0 radical (unpaired) electrons. The third kappa shape index (κ3) is 5.28. The molecule has 3 rings (SSSR count). The van der Waals surface area contributed by atoms with Gasteiger partial charge in [-0.1, -0.05) is 62.2 Å². The van der Waals surface area contributed by atoms with E-state index in [0.717, 1.165) is 11.1 Å². The van der Waals surface area contributed by atoms with Crippen LogP contribution in [0.1, 0.15) is 38.3 Å². The number of nitrogens with one attached hydrogen (secondary N) is 1. The predicted octanol–water partition coefficient (Wildman–Crippen LogP) is 5.21. The van der Waals surface area contributed by atoms with Crippen LogP contribution in [0.25, 0.3) is 0 Å². The minimum atomic E-state index is -0.982. The number of fused-ring (bicyclic) bond motifs is 1. The molecule has 32 heavy (non-hydrogen) atoms. The Hall–Kier alpha value is -2.08. The molecule has 0 aromatic heterocycles. The second-order valence-corrected chi connectivity index (χ2v) is 10.7. The summed E-state index contributed by atoms with van der Waals surface area (Å²) in [6, 6.07) is 13.1. The van der Waals surface area contributed by atoms with Crippen LogP contribution in [0.15, 0.2) is 42.5 Å². The standard InChI is InChI=1S/C25H31Cl2N3O2/c1-24(2,3)16-30(12-11-22(31)29(4)5)25(15-17-7-6-8-18(26)13-17)20-10-9-19(27)14-21(20)28-23(25)32/h6-10,13-14H,11-12,15-16H2,1-5H3,(H,28,32). The van der Waals surface area contributed by atoms with Gasteiger partial charge in [0, 0.05) is 61.3 Å². The minimum absolute atomic E-state index is 0.0246. The number of benzene rings is 2. The number of hydrogen-bond acceptors (Lipinski definition) is 3. The molecule has 0 spiro atoms. The first kappa shape index (κ1) is 24.6. The van der Waals surface area contributed by atoms with E-state index in [0.29, 0.717) is 41.7 Å². The summed E-state index contributed by atoms with van der Waals surface area (Å²) >= 11 is 12.5. The van der Waals surface area contributed by atoms with Crippen LogP contribution in [0, 0.1) is 5.41 Å². The zero-order chi connectivity index (χ0) is 23.7. The van der Waals surface area contributed by atoms with E-state index in [1.165, 1.54) is 0 Å². The number of carbonyl (C=O) groups excluding carboxylic acids is 2. The molecule has 172 valence electrons. The van der Waals surface area contributed by atoms with E-state index in [4.69, 9.17) is 23.2 Å². The first-order valence-electron chi connectivity index (χ1n) is 10.7. The Balaban J connectivity index is 2.14. The van der Waals surface area contributed by atoms with E-state index < -0.39 is 5.54 Å². The van der Waals surface area contributed by atoms with Gasteiger partial charge in [-0.05, 0) is 35.2 Å². The number of anilines is 1. The summed E-state index contributed by atoms with van der Waals surface area (Å²) in [7, 11) is 3.50. The third-order valence-electron chi connectivity index (χ3n) is 5.70. The highest BCUT2D eigenvalue weighted by atomic mass is 35.5. The summed E-state index contributed by atoms with van der Waals surface area (Å²) in [5, 5.41) is 4.23. The Kier molecular flexibility index (Phi) is 7.23. The monoisotopic (exact) mass is 475 g/mol. The largest absolute Gasteiger partial charge is 0.349 e. The summed E-state index contributed by atoms with van der Waals surface area (Å²) < 4.78 is 0. The smallest absolute Gasteiger partial charge is 0.249 e. The van der Waals surface area contributed by atoms with Crippen LogP contribution in [-0.2, 0) is 21.5 Å². The molecule has 1 N–H and O–H groups in total. The summed E-state index contributed by atoms with van der Waals surface area (Å²) in [6.45, 7) is 7.48. The second kappa shape index (κ2) is 9.42. The van der Waals surface area contributed by atoms with Crippen molar-refractivity contribution in [2.45, 2.75) is 39.2 Å². The molecule has 1 heterocycles. The molecule has 2 aromatic carbocycles. The molecule has 0 bridgehead atoms. The van der Waals surface area contributed by atoms with Crippen molar-refractivity contribution in [2.24, 2.45) is 5.41 Å². The Morgan fingerprint density at radius 1 is 1.06 bits per heavy atom. The van der Waals surface area contributed by atoms with Gasteiger partial charge < -0.3 is 10.2 Å². The van der Waals surface area contributed by atoms with Gasteiger partial charge in [-0.3, -0.25) is 14.5 Å². The average Bonchev–Trinajstić information content (AvgIpc) is 2.95. The van der Waals surface area contributed by atoms with Crippen molar-refractivity contribution in [3.05, 3.63) is 63.6 Å². The van der Waals surface area contributed by atoms with Crippen molar-refractivity contribution in [2.75, 3.05) is 32.5 Å². The van der Waals surface area contributed by atoms with E-state index in [2.05, 4.69) is 31.0 Å². The fourth-order valence-corrected chi connectivity index (χ4v) is 4.69. The predicted molar refractivity (Wildman–Crippen MR) is 131 cm³/mol. The van der Waals surface area contributed by atoms with Crippen molar-refractivity contribution >= 4 is 40.7 Å². The average molecular weight is 476 g/mol. The van der Waals surface area contributed by atoms with Crippen LogP contribution in [-0.4, -0.2) is 48.8 Å². The van der Waals surface area contributed by atoms with Crippen LogP contribution in [0.5, 0.6) is 0 Å². The summed E-state index contributed by atoms with van der Waals surface area (Å²) in [4.78, 5) is 29.9. The number of halogens is 2. The number of nitrogens with zero attached hydrogens (tertiary/aromatic N) is 2. The van der Waals surface area contributed by atoms with E-state index in [9.17, 15) is 9.59 Å². The lowest BCUT2D eigenvalue weighted by Gasteiger charge is -2.43. The molecule has 0 saturated carbocycles. The zero-order valence-electron chi connectivity index (χ0n) is 19.3. The Bertz CT molecular complexity index is 1020. The van der Waals surface area contributed by atoms with Crippen molar-refractivity contribution in [3.8, 4) is 0 Å². The van der Waals surface area contributed by atoms with Crippen molar-refractivity contribution in [1.82, 2.24) is 9.80 Å². The fraction of sp³-hybridized carbons (Fsp3) is 0.440. The molecule has 0 saturated heterocycles. The first-order chi connectivity index (χ1) is 14.9. The summed E-state index contributed by atoms with van der Waals surface area (Å²) in [5.41, 5.74) is 1.45. The minimum Gasteiger partial charge on any atom is -0.349 e. The molecule has 1 unspecified atom stereocenters. The van der Waals surface area contributed by atoms with Crippen LogP contribution >= 0.6 is 23.2 Å². The highest BCUT2D eigenvalue weighted by Gasteiger charge is 2.51. The lowest BCUT2D eigenvalue weighted by atomic mass is 9.81. The Morgan fingerprint density at radius 3 is 2.38 bits per heavy atom. The maximum absolute atomic E-state index is 13.7. The summed E-state index contributed by atoms with van der Waals surface area (Å²) in [6.07, 6.45) is 0.747. The third-order valence-corrected chi connectivity index (χ3v) is 6.17. The van der Waals surface area contributed by atoms with Gasteiger partial charge in [0.05, 0.1) is 0 Å². The van der Waals surface area contributed by atoms with Crippen LogP contribution in [0.4, 0.5) is 5.69 Å². The van der Waals surface area contributed by atoms with Crippen molar-refractivity contribution < 1.29 is 9.59 Å². The summed E-state index contributed by atoms with van der Waals surface area (Å²) in [5.74, 6) is -0.0900. The van der Waals surface area contributed by atoms with Gasteiger partial charge in [-0.2, -0.15) is 0 Å². The van der Waals surface area contributed by atoms with Crippen LogP contribution in [0.2, 0.25) is 10.0 Å². The quantitative estimate of drug-likeness (QED) is 0.597. The molecule has 2 aromatic rings. The molecular formula is C25H31Cl2N3O2. The van der Waals surface area contributed by atoms with Gasteiger partial charge in [-0.15, -0.1) is 0 Å². The van der Waals surface area contributed by atoms with Gasteiger partial charge in [-0.25, -0.2) is 0 Å². The maximum Gasteiger partial charge on any atom is 0.249 e. The topological polar surface area (TPSA) is 52.7 Å². The molecule has 2 amide bonds. The van der Waals surface area contributed by atoms with Gasteiger partial charge in [0.2, 0.25) is 11.8 Å². The fourth-order valence-electron chi connectivity index (χ4n) is 4.30. The van der Waals surface area contributed by atoms with Gasteiger partial charge in [0.1, 0.15) is 5.54 Å². The van der Waals surface area contributed by atoms with Crippen LogP contribution < -0.4 is 5.32 Å². The van der Waals surface area contributed by atoms with Gasteiger partial charge in [0.25, 0.3) is 0 Å². The van der Waals surface area contributed by atoms with Gasteiger partial charge >= 0.3 is 0 Å².